The van der Waals surface area contributed by atoms with E-state index in [0.29, 0.717) is 0 Å². The molecule has 0 aliphatic carbocycles. The van der Waals surface area contributed by atoms with Gasteiger partial charge in [-0.15, -0.1) is 11.6 Å². The lowest BCUT2D eigenvalue weighted by Gasteiger charge is -2.40. The topological polar surface area (TPSA) is 46.6 Å². The highest BCUT2D eigenvalue weighted by Gasteiger charge is 2.51. The maximum atomic E-state index is 12.0. The second-order valence-corrected chi connectivity index (χ2v) is 6.04. The minimum absolute atomic E-state index is 0.0488. The monoisotopic (exact) mass is 357 g/mol. The summed E-state index contributed by atoms with van der Waals surface area (Å²) in [6.07, 6.45) is 1.95. The number of fused-ring (bicyclic) bond motifs is 1. The van der Waals surface area contributed by atoms with Crippen molar-refractivity contribution < 1.29 is 14.3 Å². The molecule has 2 fully saturated rings. The van der Waals surface area contributed by atoms with Crippen molar-refractivity contribution in [1.29, 1.82) is 0 Å². The largest absolute Gasteiger partial charge is 0.469 e. The number of hydrogen-bond donors (Lipinski definition) is 0. The fraction of sp³-hybridized carbons (Fsp3) is 0.800. The Labute approximate surface area is 113 Å². The van der Waals surface area contributed by atoms with Crippen LogP contribution < -0.4 is 0 Å². The third-order valence-corrected chi connectivity index (χ3v) is 5.38. The Morgan fingerprint density at radius 3 is 2.94 bits per heavy atom. The number of amides is 1. The van der Waals surface area contributed by atoms with E-state index >= 15 is 0 Å². The molecule has 2 saturated heterocycles. The molecule has 1 amide bonds. The quantitative estimate of drug-likeness (QED) is 0.402. The molecular formula is C10H13ClINO3. The van der Waals surface area contributed by atoms with Crippen molar-refractivity contribution in [3.05, 3.63) is 0 Å². The van der Waals surface area contributed by atoms with Crippen LogP contribution in [0.3, 0.4) is 0 Å². The first-order valence-electron chi connectivity index (χ1n) is 5.24. The zero-order chi connectivity index (χ0) is 11.9. The highest BCUT2D eigenvalue weighted by molar-refractivity contribution is 14.1. The van der Waals surface area contributed by atoms with E-state index in [2.05, 4.69) is 22.6 Å². The summed E-state index contributed by atoms with van der Waals surface area (Å²) in [6, 6.07) is 0.146. The van der Waals surface area contributed by atoms with Crippen LogP contribution in [-0.2, 0) is 14.3 Å². The lowest BCUT2D eigenvalue weighted by molar-refractivity contribution is -0.151. The van der Waals surface area contributed by atoms with Crippen LogP contribution in [0.4, 0.5) is 0 Å². The Kier molecular flexibility index (Phi) is 3.63. The molecule has 0 aromatic rings. The summed E-state index contributed by atoms with van der Waals surface area (Å²) in [5.41, 5.74) is 0. The predicted octanol–water partition coefficient (Wildman–Crippen LogP) is 1.19. The fourth-order valence-corrected chi connectivity index (χ4v) is 4.58. The highest BCUT2D eigenvalue weighted by Crippen LogP contribution is 2.39. The SMILES string of the molecule is COC(=O)[C@@H]1[C@@H](I)[C@@H]2CCCN2C(=O)[C@@H]1Cl. The number of nitrogens with zero attached hydrogens (tertiary/aromatic N) is 1. The van der Waals surface area contributed by atoms with Crippen LogP contribution in [0, 0.1) is 5.92 Å². The van der Waals surface area contributed by atoms with E-state index in [9.17, 15) is 9.59 Å². The number of hydrogen-bond acceptors (Lipinski definition) is 3. The average molecular weight is 358 g/mol. The number of piperidine rings is 1. The molecule has 4 atom stereocenters. The normalized spacial score (nSPS) is 38.4. The van der Waals surface area contributed by atoms with Crippen molar-refractivity contribution in [2.24, 2.45) is 5.92 Å². The third kappa shape index (κ3) is 1.81. The Balaban J connectivity index is 2.26. The molecular weight excluding hydrogens is 344 g/mol. The van der Waals surface area contributed by atoms with E-state index in [1.54, 1.807) is 0 Å². The van der Waals surface area contributed by atoms with Gasteiger partial charge in [-0.25, -0.2) is 0 Å². The molecule has 2 heterocycles. The van der Waals surface area contributed by atoms with Gasteiger partial charge in [-0.1, -0.05) is 22.6 Å². The van der Waals surface area contributed by atoms with Gasteiger partial charge in [0.1, 0.15) is 5.38 Å². The Morgan fingerprint density at radius 1 is 1.62 bits per heavy atom. The molecule has 4 nitrogen and oxygen atoms in total. The van der Waals surface area contributed by atoms with Gasteiger partial charge < -0.3 is 9.64 Å². The summed E-state index contributed by atoms with van der Waals surface area (Å²) in [5, 5.41) is -0.774. The van der Waals surface area contributed by atoms with Gasteiger partial charge in [-0.3, -0.25) is 9.59 Å². The minimum Gasteiger partial charge on any atom is -0.469 e. The maximum absolute atomic E-state index is 12.0. The summed E-state index contributed by atoms with van der Waals surface area (Å²) in [5.74, 6) is -1.01. The van der Waals surface area contributed by atoms with Gasteiger partial charge in [0.15, 0.2) is 0 Å². The Morgan fingerprint density at radius 2 is 2.31 bits per heavy atom. The summed E-state index contributed by atoms with van der Waals surface area (Å²) < 4.78 is 4.78. The Hall–Kier alpha value is -0.0400. The molecule has 0 radical (unpaired) electrons. The molecule has 0 aromatic heterocycles. The average Bonchev–Trinajstić information content (AvgIpc) is 2.75. The third-order valence-electron chi connectivity index (χ3n) is 3.32. The van der Waals surface area contributed by atoms with Crippen molar-refractivity contribution in [3.8, 4) is 0 Å². The molecule has 90 valence electrons. The van der Waals surface area contributed by atoms with E-state index < -0.39 is 11.3 Å². The van der Waals surface area contributed by atoms with Gasteiger partial charge in [-0.2, -0.15) is 0 Å². The molecule has 2 aliphatic rings. The fourth-order valence-electron chi connectivity index (χ4n) is 2.50. The first-order valence-corrected chi connectivity index (χ1v) is 6.92. The van der Waals surface area contributed by atoms with Gasteiger partial charge in [0.25, 0.3) is 0 Å². The van der Waals surface area contributed by atoms with Crippen LogP contribution in [0.15, 0.2) is 0 Å². The lowest BCUT2D eigenvalue weighted by atomic mass is 9.90. The molecule has 2 rings (SSSR count). The zero-order valence-electron chi connectivity index (χ0n) is 8.86. The van der Waals surface area contributed by atoms with Gasteiger partial charge in [0.05, 0.1) is 13.0 Å². The molecule has 6 heteroatoms. The number of halogens is 2. The van der Waals surface area contributed by atoms with Crippen molar-refractivity contribution in [2.75, 3.05) is 13.7 Å². The molecule has 0 saturated carbocycles. The summed E-state index contributed by atoms with van der Waals surface area (Å²) in [4.78, 5) is 25.4. The summed E-state index contributed by atoms with van der Waals surface area (Å²) in [7, 11) is 1.33. The van der Waals surface area contributed by atoms with E-state index in [1.165, 1.54) is 7.11 Å². The minimum atomic E-state index is -0.774. The molecule has 0 N–H and O–H groups in total. The smallest absolute Gasteiger partial charge is 0.311 e. The number of alkyl halides is 2. The van der Waals surface area contributed by atoms with Crippen molar-refractivity contribution >= 4 is 46.1 Å². The maximum Gasteiger partial charge on any atom is 0.311 e. The number of carbonyl (C=O) groups excluding carboxylic acids is 2. The van der Waals surface area contributed by atoms with Crippen LogP contribution in [0.1, 0.15) is 12.8 Å². The second-order valence-electron chi connectivity index (χ2n) is 4.14. The summed E-state index contributed by atoms with van der Waals surface area (Å²) in [6.45, 7) is 0.764. The summed E-state index contributed by atoms with van der Waals surface area (Å²) >= 11 is 8.29. The molecule has 2 aliphatic heterocycles. The van der Waals surface area contributed by atoms with Crippen molar-refractivity contribution in [2.45, 2.75) is 28.2 Å². The lowest BCUT2D eigenvalue weighted by Crippen LogP contribution is -2.57. The number of esters is 1. The molecule has 0 aromatic carbocycles. The van der Waals surface area contributed by atoms with Gasteiger partial charge in [0.2, 0.25) is 5.91 Å². The molecule has 0 bridgehead atoms. The van der Waals surface area contributed by atoms with Crippen molar-refractivity contribution in [1.82, 2.24) is 4.90 Å². The van der Waals surface area contributed by atoms with Crippen LogP contribution in [0.2, 0.25) is 0 Å². The van der Waals surface area contributed by atoms with E-state index in [1.807, 2.05) is 4.90 Å². The molecule has 0 spiro atoms. The zero-order valence-corrected chi connectivity index (χ0v) is 11.8. The first-order chi connectivity index (χ1) is 7.57. The second kappa shape index (κ2) is 4.68. The van der Waals surface area contributed by atoms with Gasteiger partial charge >= 0.3 is 5.97 Å². The molecule has 16 heavy (non-hydrogen) atoms. The first kappa shape index (κ1) is 12.4. The van der Waals surface area contributed by atoms with E-state index in [0.717, 1.165) is 19.4 Å². The standard InChI is InChI=1S/C10H13ClINO3/c1-16-10(15)6-7(11)9(14)13-4-2-3-5(13)8(6)12/h5-8H,2-4H2,1H3/t5-,6-,7+,8-/m0/s1. The van der Waals surface area contributed by atoms with Crippen LogP contribution in [-0.4, -0.2) is 45.8 Å². The number of carbonyl (C=O) groups is 2. The van der Waals surface area contributed by atoms with Gasteiger partial charge in [0, 0.05) is 16.5 Å². The predicted molar refractivity (Wildman–Crippen MR) is 67.7 cm³/mol. The van der Waals surface area contributed by atoms with E-state index in [-0.39, 0.29) is 21.8 Å². The number of methoxy groups -OCH3 is 1. The van der Waals surface area contributed by atoms with Crippen LogP contribution in [0.5, 0.6) is 0 Å². The van der Waals surface area contributed by atoms with Crippen LogP contribution >= 0.6 is 34.2 Å². The number of rotatable bonds is 1. The van der Waals surface area contributed by atoms with E-state index in [4.69, 9.17) is 16.3 Å². The highest BCUT2D eigenvalue weighted by atomic mass is 127. The number of ether oxygens (including phenoxy) is 1. The molecule has 0 unspecified atom stereocenters. The van der Waals surface area contributed by atoms with Gasteiger partial charge in [-0.05, 0) is 12.8 Å². The van der Waals surface area contributed by atoms with Crippen molar-refractivity contribution in [3.63, 3.8) is 0 Å². The Bertz CT molecular complexity index is 325. The van der Waals surface area contributed by atoms with Crippen LogP contribution in [0.25, 0.3) is 0 Å².